The molecule has 6 heteroatoms. The molecule has 0 atom stereocenters. The van der Waals surface area contributed by atoms with Crippen LogP contribution < -0.4 is 5.32 Å². The number of aromatic carboxylic acids is 1. The number of benzene rings is 1. The minimum Gasteiger partial charge on any atom is -0.478 e. The van der Waals surface area contributed by atoms with Crippen LogP contribution in [0, 0.1) is 0 Å². The van der Waals surface area contributed by atoms with Crippen molar-refractivity contribution in [2.45, 2.75) is 6.54 Å². The average molecular weight is 278 g/mol. The van der Waals surface area contributed by atoms with Gasteiger partial charge in [-0.05, 0) is 12.1 Å². The molecule has 0 fully saturated rings. The van der Waals surface area contributed by atoms with E-state index in [1.54, 1.807) is 24.4 Å². The number of carbonyl (C=O) groups is 1. The van der Waals surface area contributed by atoms with Gasteiger partial charge in [0.2, 0.25) is 0 Å². The molecule has 0 spiro atoms. The van der Waals surface area contributed by atoms with Gasteiger partial charge in [-0.3, -0.25) is 4.99 Å². The number of carboxylic acid groups (broad SMARTS) is 1. The first-order chi connectivity index (χ1) is 9.15. The highest BCUT2D eigenvalue weighted by Crippen LogP contribution is 2.25. The fourth-order valence-electron chi connectivity index (χ4n) is 2.28. The van der Waals surface area contributed by atoms with Crippen molar-refractivity contribution in [1.29, 1.82) is 0 Å². The number of halogens is 1. The molecule has 0 radical (unpaired) electrons. The number of fused-ring (bicyclic) bond motifs is 1. The maximum atomic E-state index is 11.3. The van der Waals surface area contributed by atoms with Gasteiger partial charge in [-0.15, -0.1) is 0 Å². The first-order valence-electron chi connectivity index (χ1n) is 5.94. The Morgan fingerprint density at radius 3 is 3.05 bits per heavy atom. The van der Waals surface area contributed by atoms with Crippen LogP contribution in [-0.4, -0.2) is 34.6 Å². The number of nitrogens with zero attached hydrogens (tertiary/aromatic N) is 2. The molecule has 0 bridgehead atoms. The van der Waals surface area contributed by atoms with Crippen molar-refractivity contribution in [3.05, 3.63) is 35.0 Å². The number of hydrogen-bond acceptors (Lipinski definition) is 3. The second-order valence-corrected chi connectivity index (χ2v) is 4.83. The van der Waals surface area contributed by atoms with E-state index >= 15 is 0 Å². The monoisotopic (exact) mass is 277 g/mol. The van der Waals surface area contributed by atoms with E-state index in [-0.39, 0.29) is 5.56 Å². The second-order valence-electron chi connectivity index (χ2n) is 4.39. The molecule has 1 aliphatic heterocycles. The third kappa shape index (κ3) is 2.17. The van der Waals surface area contributed by atoms with Gasteiger partial charge in [0.05, 0.1) is 24.2 Å². The first kappa shape index (κ1) is 12.0. The number of amidine groups is 1. The van der Waals surface area contributed by atoms with Crippen LogP contribution in [0.4, 0.5) is 0 Å². The molecular formula is C13H12ClN3O2. The number of carboxylic acids is 1. The summed E-state index contributed by atoms with van der Waals surface area (Å²) in [5.41, 5.74) is 1.09. The van der Waals surface area contributed by atoms with E-state index in [1.165, 1.54) is 0 Å². The molecule has 19 heavy (non-hydrogen) atoms. The van der Waals surface area contributed by atoms with Crippen molar-refractivity contribution in [1.82, 2.24) is 9.88 Å². The molecule has 2 N–H and O–H groups in total. The predicted octanol–water partition coefficient (Wildman–Crippen LogP) is 1.99. The Labute approximate surface area is 114 Å². The normalized spacial score (nSPS) is 14.5. The Bertz CT molecular complexity index is 690. The third-order valence-electron chi connectivity index (χ3n) is 3.14. The summed E-state index contributed by atoms with van der Waals surface area (Å²) < 4.78 is 1.86. The van der Waals surface area contributed by atoms with Crippen molar-refractivity contribution in [2.75, 3.05) is 13.1 Å². The minimum absolute atomic E-state index is 0.283. The summed E-state index contributed by atoms with van der Waals surface area (Å²) in [5, 5.41) is 13.7. The van der Waals surface area contributed by atoms with Crippen LogP contribution in [0.5, 0.6) is 0 Å². The smallest absolute Gasteiger partial charge is 0.337 e. The van der Waals surface area contributed by atoms with Crippen molar-refractivity contribution >= 4 is 34.3 Å². The lowest BCUT2D eigenvalue weighted by Crippen LogP contribution is -2.23. The van der Waals surface area contributed by atoms with E-state index in [0.29, 0.717) is 17.0 Å². The van der Waals surface area contributed by atoms with Crippen LogP contribution in [0.15, 0.2) is 29.4 Å². The Morgan fingerprint density at radius 1 is 1.53 bits per heavy atom. The lowest BCUT2D eigenvalue weighted by molar-refractivity contribution is 0.0699. The van der Waals surface area contributed by atoms with Gasteiger partial charge in [-0.2, -0.15) is 0 Å². The molecule has 5 nitrogen and oxygen atoms in total. The Balaban J connectivity index is 2.12. The molecule has 2 aromatic rings. The van der Waals surface area contributed by atoms with Crippen LogP contribution >= 0.6 is 11.6 Å². The van der Waals surface area contributed by atoms with Gasteiger partial charge in [0.1, 0.15) is 5.84 Å². The largest absolute Gasteiger partial charge is 0.478 e. The molecule has 0 unspecified atom stereocenters. The van der Waals surface area contributed by atoms with Crippen LogP contribution in [-0.2, 0) is 6.54 Å². The fraction of sp³-hybridized carbons (Fsp3) is 0.231. The minimum atomic E-state index is -0.938. The van der Waals surface area contributed by atoms with Crippen LogP contribution in [0.1, 0.15) is 10.4 Å². The quantitative estimate of drug-likeness (QED) is 0.902. The van der Waals surface area contributed by atoms with Crippen LogP contribution in [0.25, 0.3) is 10.9 Å². The van der Waals surface area contributed by atoms with Gasteiger partial charge < -0.3 is 15.0 Å². The summed E-state index contributed by atoms with van der Waals surface area (Å²) in [7, 11) is 0. The molecule has 1 aromatic carbocycles. The second kappa shape index (κ2) is 4.59. The van der Waals surface area contributed by atoms with Crippen LogP contribution in [0.2, 0.25) is 5.02 Å². The van der Waals surface area contributed by atoms with Gasteiger partial charge in [-0.25, -0.2) is 4.79 Å². The highest BCUT2D eigenvalue weighted by Gasteiger charge is 2.16. The third-order valence-corrected chi connectivity index (χ3v) is 3.37. The van der Waals surface area contributed by atoms with Gasteiger partial charge in [-0.1, -0.05) is 17.7 Å². The van der Waals surface area contributed by atoms with E-state index < -0.39 is 5.97 Å². The van der Waals surface area contributed by atoms with Crippen LogP contribution in [0.3, 0.4) is 0 Å². The van der Waals surface area contributed by atoms with Crippen molar-refractivity contribution in [2.24, 2.45) is 4.99 Å². The molecular weight excluding hydrogens is 266 g/mol. The zero-order valence-corrected chi connectivity index (χ0v) is 10.8. The lowest BCUT2D eigenvalue weighted by Gasteiger charge is -2.06. The zero-order chi connectivity index (χ0) is 13.4. The Kier molecular flexibility index (Phi) is 2.91. The Morgan fingerprint density at radius 2 is 2.37 bits per heavy atom. The summed E-state index contributed by atoms with van der Waals surface area (Å²) in [6.45, 7) is 2.13. The maximum absolute atomic E-state index is 11.3. The van der Waals surface area contributed by atoms with Gasteiger partial charge in [0, 0.05) is 23.2 Å². The number of hydrogen-bond donors (Lipinski definition) is 2. The first-order valence-corrected chi connectivity index (χ1v) is 6.32. The molecule has 1 aliphatic rings. The molecule has 1 aromatic heterocycles. The van der Waals surface area contributed by atoms with E-state index in [4.69, 9.17) is 11.6 Å². The van der Waals surface area contributed by atoms with Crippen molar-refractivity contribution in [3.8, 4) is 0 Å². The molecule has 0 amide bonds. The van der Waals surface area contributed by atoms with Gasteiger partial charge in [0.25, 0.3) is 0 Å². The number of aliphatic imine (C=N–C) groups is 1. The molecule has 2 heterocycles. The fourth-order valence-corrected chi connectivity index (χ4v) is 2.45. The van der Waals surface area contributed by atoms with E-state index in [9.17, 15) is 9.90 Å². The van der Waals surface area contributed by atoms with Crippen molar-refractivity contribution < 1.29 is 9.90 Å². The SMILES string of the molecule is O=C(O)c1cn(CC2=NCCN2)c2cc(Cl)ccc12. The lowest BCUT2D eigenvalue weighted by atomic mass is 10.2. The summed E-state index contributed by atoms with van der Waals surface area (Å²) in [6, 6.07) is 5.21. The molecule has 0 saturated heterocycles. The highest BCUT2D eigenvalue weighted by atomic mass is 35.5. The summed E-state index contributed by atoms with van der Waals surface area (Å²) in [5.74, 6) is -0.0683. The molecule has 0 aliphatic carbocycles. The number of nitrogens with one attached hydrogen (secondary N) is 1. The molecule has 0 saturated carbocycles. The average Bonchev–Trinajstić information content (AvgIpc) is 2.98. The van der Waals surface area contributed by atoms with E-state index in [2.05, 4.69) is 10.3 Å². The Hall–Kier alpha value is -2.01. The van der Waals surface area contributed by atoms with E-state index in [1.807, 2.05) is 4.57 Å². The van der Waals surface area contributed by atoms with Gasteiger partial charge >= 0.3 is 5.97 Å². The molecule has 3 rings (SSSR count). The number of rotatable bonds is 3. The highest BCUT2D eigenvalue weighted by molar-refractivity contribution is 6.31. The molecule has 98 valence electrons. The topological polar surface area (TPSA) is 66.6 Å². The number of aromatic nitrogens is 1. The summed E-state index contributed by atoms with van der Waals surface area (Å²) >= 11 is 5.99. The standard InChI is InChI=1S/C13H12ClN3O2/c14-8-1-2-9-10(13(18)19)6-17(11(9)5-8)7-12-15-3-4-16-12/h1-2,5-6H,3-4,7H2,(H,15,16)(H,18,19). The maximum Gasteiger partial charge on any atom is 0.337 e. The van der Waals surface area contributed by atoms with E-state index in [0.717, 1.165) is 24.4 Å². The van der Waals surface area contributed by atoms with Crippen molar-refractivity contribution in [3.63, 3.8) is 0 Å². The predicted molar refractivity (Wildman–Crippen MR) is 74.2 cm³/mol. The zero-order valence-electron chi connectivity index (χ0n) is 10.1. The van der Waals surface area contributed by atoms with Gasteiger partial charge in [0.15, 0.2) is 0 Å². The summed E-state index contributed by atoms with van der Waals surface area (Å²) in [4.78, 5) is 15.6. The summed E-state index contributed by atoms with van der Waals surface area (Å²) in [6.07, 6.45) is 1.63.